The Bertz CT molecular complexity index is 441. The first-order chi connectivity index (χ1) is 7.04. The summed E-state index contributed by atoms with van der Waals surface area (Å²) in [5.74, 6) is 0. The smallest absolute Gasteiger partial charge is 0.0625 e. The molecule has 0 fully saturated rings. The fourth-order valence-electron chi connectivity index (χ4n) is 1.55. The van der Waals surface area contributed by atoms with Crippen molar-refractivity contribution in [2.24, 2.45) is 4.99 Å². The molecule has 1 radical (unpaired) electrons. The molecule has 0 spiro atoms. The van der Waals surface area contributed by atoms with Crippen LogP contribution in [0.25, 0.3) is 5.70 Å². The summed E-state index contributed by atoms with van der Waals surface area (Å²) in [6.45, 7) is 8.37. The van der Waals surface area contributed by atoms with Crippen molar-refractivity contribution in [3.8, 4) is 0 Å². The van der Waals surface area contributed by atoms with Crippen LogP contribution in [-0.4, -0.2) is 21.5 Å². The van der Waals surface area contributed by atoms with Gasteiger partial charge in [0.05, 0.1) is 5.69 Å². The van der Waals surface area contributed by atoms with E-state index in [1.54, 1.807) is 0 Å². The first-order valence-electron chi connectivity index (χ1n) is 5.29. The van der Waals surface area contributed by atoms with Crippen LogP contribution in [0.2, 0.25) is 0 Å². The second-order valence-corrected chi connectivity index (χ2v) is 4.36. The molecule has 1 aliphatic heterocycles. The summed E-state index contributed by atoms with van der Waals surface area (Å²) in [6.07, 6.45) is 5.99. The van der Waals surface area contributed by atoms with Gasteiger partial charge in [-0.1, -0.05) is 26.5 Å². The number of allylic oxidation sites excluding steroid dienone is 1. The van der Waals surface area contributed by atoms with Crippen LogP contribution in [0.1, 0.15) is 33.4 Å². The van der Waals surface area contributed by atoms with Crippen LogP contribution < -0.4 is 0 Å². The molecule has 2 rings (SSSR count). The molecule has 89 valence electrons. The molecular weight excluding hydrogens is 289 g/mol. The summed E-state index contributed by atoms with van der Waals surface area (Å²) in [4.78, 5) is 4.36. The molecule has 1 aromatic rings. The first kappa shape index (κ1) is 13.3. The van der Waals surface area contributed by atoms with E-state index in [4.69, 9.17) is 0 Å². The molecule has 0 bridgehead atoms. The summed E-state index contributed by atoms with van der Waals surface area (Å²) < 4.78 is 1.87. The van der Waals surface area contributed by atoms with Gasteiger partial charge in [0.25, 0.3) is 0 Å². The van der Waals surface area contributed by atoms with E-state index < -0.39 is 0 Å². The van der Waals surface area contributed by atoms with Gasteiger partial charge in [0.2, 0.25) is 0 Å². The van der Waals surface area contributed by atoms with Crippen molar-refractivity contribution in [2.45, 2.75) is 39.7 Å². The molecule has 0 aliphatic carbocycles. The molecule has 0 aromatic carbocycles. The molecule has 16 heavy (non-hydrogen) atoms. The van der Waals surface area contributed by atoms with E-state index in [9.17, 15) is 0 Å². The van der Waals surface area contributed by atoms with E-state index in [0.29, 0.717) is 0 Å². The predicted molar refractivity (Wildman–Crippen MR) is 62.0 cm³/mol. The third-order valence-electron chi connectivity index (χ3n) is 2.95. The Labute approximate surface area is 109 Å². The molecule has 1 aliphatic rings. The number of aryl methyl sites for hydroxylation is 1. The van der Waals surface area contributed by atoms with Gasteiger partial charge in [0.1, 0.15) is 0 Å². The first-order valence-corrected chi connectivity index (χ1v) is 5.29. The third-order valence-corrected chi connectivity index (χ3v) is 2.95. The molecule has 0 unspecified atom stereocenters. The topological polar surface area (TPSA) is 30.2 Å². The zero-order valence-electron chi connectivity index (χ0n) is 10.0. The van der Waals surface area contributed by atoms with Crippen LogP contribution in [-0.2, 0) is 25.9 Å². The van der Waals surface area contributed by atoms with Gasteiger partial charge < -0.3 is 4.99 Å². The number of hydrogen-bond acceptors (Lipinski definition) is 2. The Hall–Kier alpha value is -0.757. The summed E-state index contributed by atoms with van der Waals surface area (Å²) in [5, 5.41) is 4.46. The zero-order chi connectivity index (χ0) is 11.1. The third kappa shape index (κ3) is 2.17. The minimum atomic E-state index is -0.131. The van der Waals surface area contributed by atoms with Gasteiger partial charge in [-0.15, -0.1) is 13.1 Å². The molecular formula is C12H16N3Rh-. The summed E-state index contributed by atoms with van der Waals surface area (Å²) in [7, 11) is 0. The average molecular weight is 305 g/mol. The van der Waals surface area contributed by atoms with Crippen LogP contribution in [0.3, 0.4) is 0 Å². The van der Waals surface area contributed by atoms with Crippen molar-refractivity contribution in [1.29, 1.82) is 0 Å². The molecule has 0 amide bonds. The van der Waals surface area contributed by atoms with E-state index in [1.807, 2.05) is 16.9 Å². The minimum Gasteiger partial charge on any atom is -0.401 e. The van der Waals surface area contributed by atoms with Gasteiger partial charge in [-0.2, -0.15) is 10.7 Å². The van der Waals surface area contributed by atoms with E-state index in [0.717, 1.165) is 17.8 Å². The van der Waals surface area contributed by atoms with Gasteiger partial charge in [0, 0.05) is 25.7 Å². The Morgan fingerprint density at radius 3 is 2.56 bits per heavy atom. The Morgan fingerprint density at radius 1 is 1.44 bits per heavy atom. The number of aromatic nitrogens is 2. The fourth-order valence-corrected chi connectivity index (χ4v) is 1.55. The number of aliphatic imine (C=N–C) groups is 1. The Morgan fingerprint density at radius 2 is 2.12 bits per heavy atom. The fraction of sp³-hybridized carbons (Fsp3) is 0.500. The maximum atomic E-state index is 4.46. The van der Waals surface area contributed by atoms with Crippen molar-refractivity contribution < 1.29 is 19.5 Å². The van der Waals surface area contributed by atoms with Crippen molar-refractivity contribution in [1.82, 2.24) is 9.78 Å². The average Bonchev–Trinajstić information content (AvgIpc) is 2.74. The minimum absolute atomic E-state index is 0. The predicted octanol–water partition coefficient (Wildman–Crippen LogP) is 2.41. The largest absolute Gasteiger partial charge is 0.401 e. The van der Waals surface area contributed by atoms with E-state index in [2.05, 4.69) is 44.0 Å². The van der Waals surface area contributed by atoms with Gasteiger partial charge in [-0.3, -0.25) is 4.68 Å². The zero-order valence-corrected chi connectivity index (χ0v) is 11.7. The monoisotopic (exact) mass is 305 g/mol. The molecule has 4 heteroatoms. The standard InChI is InChI=1S/C12H16N3.Rh/c1-5-10-6-7-15(14-10)11-8-13-12(3,4)9(11)2;/h6-7H,5H2,1-4H3;/q-1;. The van der Waals surface area contributed by atoms with Gasteiger partial charge >= 0.3 is 0 Å². The molecule has 0 saturated carbocycles. The summed E-state index contributed by atoms with van der Waals surface area (Å²) in [5.41, 5.74) is 3.17. The van der Waals surface area contributed by atoms with Crippen molar-refractivity contribution in [3.63, 3.8) is 0 Å². The second-order valence-electron chi connectivity index (χ2n) is 4.36. The molecule has 0 saturated heterocycles. The van der Waals surface area contributed by atoms with Crippen molar-refractivity contribution >= 4 is 11.9 Å². The number of hydrogen-bond donors (Lipinski definition) is 0. The Kier molecular flexibility index (Phi) is 3.85. The number of nitrogens with zero attached hydrogens (tertiary/aromatic N) is 3. The molecule has 1 aromatic heterocycles. The van der Waals surface area contributed by atoms with Crippen molar-refractivity contribution in [2.75, 3.05) is 0 Å². The van der Waals surface area contributed by atoms with Crippen LogP contribution in [0.15, 0.2) is 22.8 Å². The quantitative estimate of drug-likeness (QED) is 0.609. The summed E-state index contributed by atoms with van der Waals surface area (Å²) >= 11 is 0. The van der Waals surface area contributed by atoms with E-state index >= 15 is 0 Å². The van der Waals surface area contributed by atoms with Crippen LogP contribution >= 0.6 is 0 Å². The van der Waals surface area contributed by atoms with Gasteiger partial charge in [-0.05, 0) is 18.0 Å². The molecule has 3 nitrogen and oxygen atoms in total. The summed E-state index contributed by atoms with van der Waals surface area (Å²) in [6, 6.07) is 2.04. The maximum Gasteiger partial charge on any atom is 0.0625 e. The van der Waals surface area contributed by atoms with Gasteiger partial charge in [-0.25, -0.2) is 0 Å². The number of rotatable bonds is 2. The normalized spacial score (nSPS) is 17.8. The molecule has 0 N–H and O–H groups in total. The maximum absolute atomic E-state index is 4.46. The second kappa shape index (κ2) is 4.62. The van der Waals surface area contributed by atoms with Crippen LogP contribution in [0.4, 0.5) is 0 Å². The van der Waals surface area contributed by atoms with E-state index in [1.165, 1.54) is 5.57 Å². The van der Waals surface area contributed by atoms with Crippen molar-refractivity contribution in [3.05, 3.63) is 23.5 Å². The van der Waals surface area contributed by atoms with Crippen LogP contribution in [0, 0.1) is 0 Å². The SMILES string of the molecule is CCc1ccn(C2=C(C)C(C)(C)N=[C-]2)n1.[Rh]. The molecule has 0 atom stereocenters. The molecule has 2 heterocycles. The van der Waals surface area contributed by atoms with Gasteiger partial charge in [0.15, 0.2) is 0 Å². The Balaban J connectivity index is 0.00000128. The van der Waals surface area contributed by atoms with E-state index in [-0.39, 0.29) is 25.0 Å². The van der Waals surface area contributed by atoms with Crippen LogP contribution in [0.5, 0.6) is 0 Å².